The van der Waals surface area contributed by atoms with Crippen LogP contribution in [0.15, 0.2) is 249 Å². The van der Waals surface area contributed by atoms with Crippen LogP contribution in [0, 0.1) is 0 Å². The lowest BCUT2D eigenvalue weighted by Gasteiger charge is -2.52. The van der Waals surface area contributed by atoms with Crippen molar-refractivity contribution >= 4 is 72.4 Å². The Labute approximate surface area is 378 Å². The SMILES string of the molecule is c1ccc([Si](c2ccccc2)(c2ccccc2)c2ccc3c(c2)c2ccccc2n3-c2ccc3c(c2)c2ccccc2n3C23c4ccccc4C(c4ccccc42)c2ccccc23)cc1. The van der Waals surface area contributed by atoms with Crippen molar-refractivity contribution in [2.24, 2.45) is 0 Å². The van der Waals surface area contributed by atoms with Gasteiger partial charge in [-0.1, -0.05) is 212 Å². The summed E-state index contributed by atoms with van der Waals surface area (Å²) in [5.74, 6) is 0.205. The predicted molar refractivity (Wildman–Crippen MR) is 273 cm³/mol. The van der Waals surface area contributed by atoms with Gasteiger partial charge in [-0.3, -0.25) is 0 Å². The van der Waals surface area contributed by atoms with Crippen LogP contribution in [0.4, 0.5) is 0 Å². The lowest BCUT2D eigenvalue weighted by Crippen LogP contribution is -2.74. The number of benzene rings is 10. The molecule has 3 aliphatic carbocycles. The van der Waals surface area contributed by atoms with E-state index >= 15 is 0 Å². The second-order valence-electron chi connectivity index (χ2n) is 17.9. The zero-order valence-corrected chi connectivity index (χ0v) is 36.6. The van der Waals surface area contributed by atoms with Gasteiger partial charge < -0.3 is 9.13 Å². The summed E-state index contributed by atoms with van der Waals surface area (Å²) in [4.78, 5) is 0. The van der Waals surface area contributed by atoms with Gasteiger partial charge in [0.05, 0.1) is 22.1 Å². The molecule has 0 amide bonds. The summed E-state index contributed by atoms with van der Waals surface area (Å²) >= 11 is 0. The molecule has 2 nitrogen and oxygen atoms in total. The van der Waals surface area contributed by atoms with Gasteiger partial charge in [0, 0.05) is 33.2 Å². The minimum atomic E-state index is -2.75. The van der Waals surface area contributed by atoms with E-state index in [9.17, 15) is 0 Å². The number of aromatic nitrogens is 2. The third-order valence-electron chi connectivity index (χ3n) is 15.0. The second kappa shape index (κ2) is 13.8. The Hall–Kier alpha value is -7.98. The van der Waals surface area contributed by atoms with Crippen molar-refractivity contribution in [2.45, 2.75) is 11.5 Å². The Kier molecular flexibility index (Phi) is 7.72. The van der Waals surface area contributed by atoms with E-state index < -0.39 is 13.6 Å². The van der Waals surface area contributed by atoms with Crippen LogP contribution in [-0.4, -0.2) is 17.2 Å². The van der Waals surface area contributed by atoms with Gasteiger partial charge in [-0.05, 0) is 90.5 Å². The van der Waals surface area contributed by atoms with Gasteiger partial charge in [-0.25, -0.2) is 0 Å². The van der Waals surface area contributed by atoms with E-state index in [1.54, 1.807) is 0 Å². The first kappa shape index (κ1) is 36.5. The third-order valence-corrected chi connectivity index (χ3v) is 19.7. The van der Waals surface area contributed by atoms with Gasteiger partial charge in [0.15, 0.2) is 8.07 Å². The number of nitrogens with zero attached hydrogens (tertiary/aromatic N) is 2. The maximum atomic E-state index is 2.69. The van der Waals surface area contributed by atoms with E-state index in [-0.39, 0.29) is 5.92 Å². The van der Waals surface area contributed by atoms with E-state index in [1.807, 2.05) is 0 Å². The van der Waals surface area contributed by atoms with Crippen molar-refractivity contribution in [3.8, 4) is 5.69 Å². The van der Waals surface area contributed by atoms with E-state index in [4.69, 9.17) is 0 Å². The molecule has 0 saturated heterocycles. The highest BCUT2D eigenvalue weighted by Gasteiger charge is 2.53. The summed E-state index contributed by atoms with van der Waals surface area (Å²) in [6.07, 6.45) is 0. The van der Waals surface area contributed by atoms with E-state index in [0.717, 1.165) is 5.69 Å². The molecule has 2 heterocycles. The molecule has 0 saturated carbocycles. The number of para-hydroxylation sites is 2. The molecule has 0 aliphatic heterocycles. The standard InChI is InChI=1S/C62H42N2Si/c1-4-20-43(21-5-1)65(44-22-6-2-7-23-44,45-24-8-3-9-25-45)46-37-39-58-53(41-46)47-26-13-18-34-57(47)63(58)42-36-38-60-52(40-42)48-27-14-19-35-59(48)64(60)62-54-31-15-10-28-49(54)61(50-29-11-16-32-55(50)62)51-30-12-17-33-56(51)62/h1-41,61H. The first-order valence-corrected chi connectivity index (χ1v) is 24.8. The van der Waals surface area contributed by atoms with Crippen LogP contribution in [0.1, 0.15) is 39.3 Å². The summed E-state index contributed by atoms with van der Waals surface area (Å²) < 4.78 is 5.19. The van der Waals surface area contributed by atoms with Crippen LogP contribution in [0.5, 0.6) is 0 Å². The Morgan fingerprint density at radius 1 is 0.308 bits per heavy atom. The predicted octanol–water partition coefficient (Wildman–Crippen LogP) is 11.9. The molecule has 15 rings (SSSR count). The van der Waals surface area contributed by atoms with Gasteiger partial charge in [-0.15, -0.1) is 0 Å². The quantitative estimate of drug-likeness (QED) is 0.117. The van der Waals surface area contributed by atoms with Crippen LogP contribution in [-0.2, 0) is 5.54 Å². The van der Waals surface area contributed by atoms with Crippen LogP contribution < -0.4 is 20.7 Å². The van der Waals surface area contributed by atoms with Gasteiger partial charge in [-0.2, -0.15) is 0 Å². The average molecular weight is 843 g/mol. The molecule has 0 fully saturated rings. The van der Waals surface area contributed by atoms with Crippen LogP contribution in [0.2, 0.25) is 0 Å². The highest BCUT2D eigenvalue weighted by molar-refractivity contribution is 7.20. The maximum absolute atomic E-state index is 2.75. The zero-order valence-electron chi connectivity index (χ0n) is 35.6. The van der Waals surface area contributed by atoms with E-state index in [1.165, 1.54) is 97.7 Å². The number of hydrogen-bond donors (Lipinski definition) is 0. The summed E-state index contributed by atoms with van der Waals surface area (Å²) in [5.41, 5.74) is 13.8. The normalized spacial score (nSPS) is 16.2. The van der Waals surface area contributed by atoms with Gasteiger partial charge >= 0.3 is 0 Å². The van der Waals surface area contributed by atoms with Crippen LogP contribution in [0.25, 0.3) is 49.3 Å². The molecule has 0 radical (unpaired) electrons. The second-order valence-corrected chi connectivity index (χ2v) is 21.7. The first-order chi connectivity index (χ1) is 32.3. The van der Waals surface area contributed by atoms with Crippen molar-refractivity contribution in [3.63, 3.8) is 0 Å². The first-order valence-electron chi connectivity index (χ1n) is 22.8. The molecule has 12 aromatic rings. The summed E-state index contributed by atoms with van der Waals surface area (Å²) in [5, 5.41) is 10.5. The van der Waals surface area contributed by atoms with Crippen molar-refractivity contribution in [1.29, 1.82) is 0 Å². The Balaban J connectivity index is 1.04. The zero-order chi connectivity index (χ0) is 42.7. The molecule has 2 aromatic heterocycles. The third kappa shape index (κ3) is 4.77. The molecule has 10 aromatic carbocycles. The van der Waals surface area contributed by atoms with Crippen molar-refractivity contribution in [2.75, 3.05) is 0 Å². The molecule has 3 aliphatic rings. The minimum Gasteiger partial charge on any atom is -0.322 e. The Morgan fingerprint density at radius 3 is 1.26 bits per heavy atom. The van der Waals surface area contributed by atoms with Gasteiger partial charge in [0.25, 0.3) is 0 Å². The fourth-order valence-corrected chi connectivity index (χ4v) is 17.3. The van der Waals surface area contributed by atoms with Crippen LogP contribution in [0.3, 0.4) is 0 Å². The Bertz CT molecular complexity index is 3630. The molecule has 0 unspecified atom stereocenters. The molecule has 2 bridgehead atoms. The maximum Gasteiger partial charge on any atom is 0.179 e. The fraction of sp³-hybridized carbons (Fsp3) is 0.0323. The van der Waals surface area contributed by atoms with Crippen LogP contribution >= 0.6 is 0 Å². The molecule has 0 N–H and O–H groups in total. The average Bonchev–Trinajstić information content (AvgIpc) is 3.90. The highest BCUT2D eigenvalue weighted by atomic mass is 28.3. The number of rotatable bonds is 6. The van der Waals surface area contributed by atoms with Crippen molar-refractivity contribution in [1.82, 2.24) is 9.13 Å². The topological polar surface area (TPSA) is 9.86 Å². The monoisotopic (exact) mass is 842 g/mol. The molecule has 304 valence electrons. The lowest BCUT2D eigenvalue weighted by molar-refractivity contribution is 0.491. The summed E-state index contributed by atoms with van der Waals surface area (Å²) in [7, 11) is -2.75. The van der Waals surface area contributed by atoms with Gasteiger partial charge in [0.1, 0.15) is 5.54 Å². The van der Waals surface area contributed by atoms with E-state index in [2.05, 4.69) is 258 Å². The Morgan fingerprint density at radius 2 is 0.708 bits per heavy atom. The minimum absolute atomic E-state index is 0.205. The molecule has 3 heteroatoms. The molecule has 65 heavy (non-hydrogen) atoms. The summed E-state index contributed by atoms with van der Waals surface area (Å²) in [6.45, 7) is 0. The highest BCUT2D eigenvalue weighted by Crippen LogP contribution is 2.61. The molecular weight excluding hydrogens is 801 g/mol. The largest absolute Gasteiger partial charge is 0.322 e. The molecular formula is C62H42N2Si. The number of fused-ring (bicyclic) bond motifs is 6. The molecule has 0 atom stereocenters. The van der Waals surface area contributed by atoms with Crippen molar-refractivity contribution < 1.29 is 0 Å². The molecule has 0 spiro atoms. The lowest BCUT2D eigenvalue weighted by atomic mass is 9.57. The summed E-state index contributed by atoms with van der Waals surface area (Å²) in [6, 6.07) is 94.0. The van der Waals surface area contributed by atoms with Gasteiger partial charge in [0.2, 0.25) is 0 Å². The van der Waals surface area contributed by atoms with E-state index in [0.29, 0.717) is 0 Å². The smallest absolute Gasteiger partial charge is 0.179 e. The number of hydrogen-bond acceptors (Lipinski definition) is 0. The van der Waals surface area contributed by atoms with Crippen molar-refractivity contribution in [3.05, 3.63) is 282 Å². The fourth-order valence-electron chi connectivity index (χ4n) is 12.5.